The van der Waals surface area contributed by atoms with Gasteiger partial charge in [-0.1, -0.05) is 13.5 Å². The van der Waals surface area contributed by atoms with Gasteiger partial charge in [-0.3, -0.25) is 0 Å². The quantitative estimate of drug-likeness (QED) is 0.445. The van der Waals surface area contributed by atoms with Crippen LogP contribution in [0.4, 0.5) is 0 Å². The van der Waals surface area contributed by atoms with Crippen LogP contribution in [0.5, 0.6) is 0 Å². The average molecular weight is 160 g/mol. The zero-order valence-electron chi connectivity index (χ0n) is 7.01. The first-order valence-electron chi connectivity index (χ1n) is 3.80. The molecular weight excluding hydrogens is 144 g/mol. The Labute approximate surface area is 67.6 Å². The molecule has 0 saturated heterocycles. The molecule has 1 N–H and O–H groups in total. The Morgan fingerprint density at radius 3 is 2.64 bits per heavy atom. The summed E-state index contributed by atoms with van der Waals surface area (Å²) in [5.41, 5.74) is 0. The molecule has 0 unspecified atom stereocenters. The summed E-state index contributed by atoms with van der Waals surface area (Å²) in [5.74, 6) is 0.776. The molecular formula is C8H16O3. The predicted molar refractivity (Wildman–Crippen MR) is 43.3 cm³/mol. The van der Waals surface area contributed by atoms with Crippen molar-refractivity contribution in [2.75, 3.05) is 26.4 Å². The lowest BCUT2D eigenvalue weighted by Gasteiger charge is -2.06. The van der Waals surface area contributed by atoms with Crippen molar-refractivity contribution in [2.45, 2.75) is 13.3 Å². The molecule has 0 heterocycles. The van der Waals surface area contributed by atoms with Crippen LogP contribution in [0.15, 0.2) is 12.3 Å². The Hall–Kier alpha value is -0.540. The SMILES string of the molecule is C=C(CC)OCCOCCO. The van der Waals surface area contributed by atoms with E-state index in [9.17, 15) is 0 Å². The fraction of sp³-hybridized carbons (Fsp3) is 0.750. The molecule has 0 spiro atoms. The van der Waals surface area contributed by atoms with E-state index in [0.717, 1.165) is 12.2 Å². The number of allylic oxidation sites excluding steroid dienone is 1. The summed E-state index contributed by atoms with van der Waals surface area (Å²) in [6, 6.07) is 0. The minimum absolute atomic E-state index is 0.0642. The van der Waals surface area contributed by atoms with Gasteiger partial charge in [-0.25, -0.2) is 0 Å². The van der Waals surface area contributed by atoms with E-state index in [0.29, 0.717) is 19.8 Å². The van der Waals surface area contributed by atoms with Gasteiger partial charge in [0.1, 0.15) is 6.61 Å². The number of hydrogen-bond acceptors (Lipinski definition) is 3. The maximum Gasteiger partial charge on any atom is 0.111 e. The molecule has 0 amide bonds. The first-order valence-corrected chi connectivity index (χ1v) is 3.80. The van der Waals surface area contributed by atoms with E-state index in [1.54, 1.807) is 0 Å². The molecule has 0 radical (unpaired) electrons. The Morgan fingerprint density at radius 1 is 1.36 bits per heavy atom. The van der Waals surface area contributed by atoms with Gasteiger partial charge in [-0.15, -0.1) is 0 Å². The van der Waals surface area contributed by atoms with Gasteiger partial charge in [0.2, 0.25) is 0 Å². The number of ether oxygens (including phenoxy) is 2. The van der Waals surface area contributed by atoms with E-state index in [1.165, 1.54) is 0 Å². The second-order valence-electron chi connectivity index (χ2n) is 2.08. The first-order chi connectivity index (χ1) is 5.31. The zero-order valence-corrected chi connectivity index (χ0v) is 7.01. The van der Waals surface area contributed by atoms with E-state index in [1.807, 2.05) is 6.92 Å². The minimum atomic E-state index is 0.0642. The van der Waals surface area contributed by atoms with Crippen LogP contribution in [0.1, 0.15) is 13.3 Å². The van der Waals surface area contributed by atoms with Crippen LogP contribution >= 0.6 is 0 Å². The first kappa shape index (κ1) is 10.5. The molecule has 0 fully saturated rings. The molecule has 11 heavy (non-hydrogen) atoms. The van der Waals surface area contributed by atoms with Crippen molar-refractivity contribution in [3.63, 3.8) is 0 Å². The molecule has 0 bridgehead atoms. The monoisotopic (exact) mass is 160 g/mol. The van der Waals surface area contributed by atoms with Gasteiger partial charge in [0.15, 0.2) is 0 Å². The van der Waals surface area contributed by atoms with Crippen LogP contribution in [-0.4, -0.2) is 31.5 Å². The molecule has 0 aliphatic rings. The fourth-order valence-corrected chi connectivity index (χ4v) is 0.514. The van der Waals surface area contributed by atoms with Gasteiger partial charge in [0, 0.05) is 6.42 Å². The average Bonchev–Trinajstić information content (AvgIpc) is 2.04. The highest BCUT2D eigenvalue weighted by molar-refractivity contribution is 4.79. The van der Waals surface area contributed by atoms with Crippen molar-refractivity contribution in [2.24, 2.45) is 0 Å². The normalized spacial score (nSPS) is 9.64. The summed E-state index contributed by atoms with van der Waals surface area (Å²) in [5, 5.41) is 8.34. The zero-order chi connectivity index (χ0) is 8.53. The van der Waals surface area contributed by atoms with Crippen molar-refractivity contribution in [3.8, 4) is 0 Å². The fourth-order valence-electron chi connectivity index (χ4n) is 0.514. The van der Waals surface area contributed by atoms with E-state index < -0.39 is 0 Å². The van der Waals surface area contributed by atoms with Gasteiger partial charge in [0.25, 0.3) is 0 Å². The van der Waals surface area contributed by atoms with E-state index in [-0.39, 0.29) is 6.61 Å². The van der Waals surface area contributed by atoms with Crippen LogP contribution in [0, 0.1) is 0 Å². The van der Waals surface area contributed by atoms with Crippen LogP contribution < -0.4 is 0 Å². The summed E-state index contributed by atoms with van der Waals surface area (Å²) in [4.78, 5) is 0. The predicted octanol–water partition coefficient (Wildman–Crippen LogP) is 0.936. The van der Waals surface area contributed by atoms with Crippen LogP contribution in [-0.2, 0) is 9.47 Å². The van der Waals surface area contributed by atoms with Crippen molar-refractivity contribution < 1.29 is 14.6 Å². The largest absolute Gasteiger partial charge is 0.496 e. The minimum Gasteiger partial charge on any atom is -0.496 e. The van der Waals surface area contributed by atoms with Gasteiger partial charge >= 0.3 is 0 Å². The summed E-state index contributed by atoms with van der Waals surface area (Å²) in [6.07, 6.45) is 0.833. The molecule has 0 aromatic carbocycles. The van der Waals surface area contributed by atoms with Crippen LogP contribution in [0.3, 0.4) is 0 Å². The van der Waals surface area contributed by atoms with Crippen molar-refractivity contribution in [3.05, 3.63) is 12.3 Å². The highest BCUT2D eigenvalue weighted by Gasteiger charge is 1.90. The molecule has 0 aromatic heterocycles. The van der Waals surface area contributed by atoms with E-state index in [4.69, 9.17) is 14.6 Å². The molecule has 0 aliphatic carbocycles. The Morgan fingerprint density at radius 2 is 2.09 bits per heavy atom. The second-order valence-corrected chi connectivity index (χ2v) is 2.08. The Bertz CT molecular complexity index is 102. The van der Waals surface area contributed by atoms with Crippen LogP contribution in [0.25, 0.3) is 0 Å². The third-order valence-corrected chi connectivity index (χ3v) is 1.16. The van der Waals surface area contributed by atoms with Crippen molar-refractivity contribution in [1.29, 1.82) is 0 Å². The van der Waals surface area contributed by atoms with Gasteiger partial charge in [-0.2, -0.15) is 0 Å². The molecule has 3 nitrogen and oxygen atoms in total. The molecule has 0 rings (SSSR count). The third-order valence-electron chi connectivity index (χ3n) is 1.16. The Balaban J connectivity index is 2.95. The van der Waals surface area contributed by atoms with Crippen molar-refractivity contribution >= 4 is 0 Å². The summed E-state index contributed by atoms with van der Waals surface area (Å²) >= 11 is 0. The molecule has 0 saturated carbocycles. The number of rotatable bonds is 7. The Kier molecular flexibility index (Phi) is 7.19. The number of hydrogen-bond donors (Lipinski definition) is 1. The molecule has 66 valence electrons. The van der Waals surface area contributed by atoms with Gasteiger partial charge < -0.3 is 14.6 Å². The van der Waals surface area contributed by atoms with Crippen molar-refractivity contribution in [1.82, 2.24) is 0 Å². The van der Waals surface area contributed by atoms with Gasteiger partial charge in [0.05, 0.1) is 25.6 Å². The lowest BCUT2D eigenvalue weighted by molar-refractivity contribution is 0.0528. The smallest absolute Gasteiger partial charge is 0.111 e. The van der Waals surface area contributed by atoms with Crippen LogP contribution in [0.2, 0.25) is 0 Å². The summed E-state index contributed by atoms with van der Waals surface area (Å²) in [6.45, 7) is 7.12. The van der Waals surface area contributed by atoms with E-state index in [2.05, 4.69) is 6.58 Å². The molecule has 3 heteroatoms. The lowest BCUT2D eigenvalue weighted by atomic mass is 10.4. The maximum absolute atomic E-state index is 8.34. The molecule has 0 aromatic rings. The highest BCUT2D eigenvalue weighted by atomic mass is 16.5. The number of aliphatic hydroxyl groups is 1. The summed E-state index contributed by atoms with van der Waals surface area (Å²) in [7, 11) is 0. The number of aliphatic hydroxyl groups excluding tert-OH is 1. The topological polar surface area (TPSA) is 38.7 Å². The maximum atomic E-state index is 8.34. The highest BCUT2D eigenvalue weighted by Crippen LogP contribution is 1.97. The second kappa shape index (κ2) is 7.57. The van der Waals surface area contributed by atoms with E-state index >= 15 is 0 Å². The lowest BCUT2D eigenvalue weighted by Crippen LogP contribution is -2.06. The van der Waals surface area contributed by atoms with Gasteiger partial charge in [-0.05, 0) is 0 Å². The third kappa shape index (κ3) is 7.36. The molecule has 0 aliphatic heterocycles. The summed E-state index contributed by atoms with van der Waals surface area (Å²) < 4.78 is 10.1. The standard InChI is InChI=1S/C8H16O3/c1-3-8(2)11-7-6-10-5-4-9/h9H,2-7H2,1H3. The molecule has 0 atom stereocenters.